The standard InChI is InChI=1S/C18H28N2/c1-15-11-18(19-17-9-5-6-10-17)14-20(12-15)13-16-7-3-2-4-8-16/h2-4,7-8,15,17-19H,5-6,9-14H2,1H3. The highest BCUT2D eigenvalue weighted by atomic mass is 15.2. The van der Waals surface area contributed by atoms with E-state index in [2.05, 4.69) is 47.5 Å². The van der Waals surface area contributed by atoms with Gasteiger partial charge in [-0.25, -0.2) is 0 Å². The van der Waals surface area contributed by atoms with E-state index in [-0.39, 0.29) is 0 Å². The van der Waals surface area contributed by atoms with E-state index in [9.17, 15) is 0 Å². The summed E-state index contributed by atoms with van der Waals surface area (Å²) in [5, 5.41) is 3.92. The van der Waals surface area contributed by atoms with Crippen LogP contribution in [0, 0.1) is 5.92 Å². The zero-order chi connectivity index (χ0) is 13.8. The Morgan fingerprint density at radius 1 is 1.05 bits per heavy atom. The highest BCUT2D eigenvalue weighted by molar-refractivity contribution is 5.14. The van der Waals surface area contributed by atoms with Gasteiger partial charge in [0.25, 0.3) is 0 Å². The smallest absolute Gasteiger partial charge is 0.0234 e. The van der Waals surface area contributed by atoms with Gasteiger partial charge in [0.1, 0.15) is 0 Å². The van der Waals surface area contributed by atoms with Gasteiger partial charge in [-0.05, 0) is 30.7 Å². The number of rotatable bonds is 4. The Morgan fingerprint density at radius 2 is 1.80 bits per heavy atom. The van der Waals surface area contributed by atoms with Crippen molar-refractivity contribution in [1.82, 2.24) is 10.2 Å². The van der Waals surface area contributed by atoms with Gasteiger partial charge in [-0.15, -0.1) is 0 Å². The number of benzene rings is 1. The van der Waals surface area contributed by atoms with Crippen molar-refractivity contribution in [2.24, 2.45) is 5.92 Å². The highest BCUT2D eigenvalue weighted by Gasteiger charge is 2.27. The molecule has 1 saturated carbocycles. The van der Waals surface area contributed by atoms with Crippen LogP contribution in [-0.2, 0) is 6.54 Å². The van der Waals surface area contributed by atoms with Crippen LogP contribution in [0.4, 0.5) is 0 Å². The summed E-state index contributed by atoms with van der Waals surface area (Å²) in [7, 11) is 0. The molecule has 2 atom stereocenters. The average molecular weight is 272 g/mol. The lowest BCUT2D eigenvalue weighted by Gasteiger charge is -2.38. The molecule has 2 unspecified atom stereocenters. The molecular formula is C18H28N2. The summed E-state index contributed by atoms with van der Waals surface area (Å²) in [4.78, 5) is 2.64. The Hall–Kier alpha value is -0.860. The maximum Gasteiger partial charge on any atom is 0.0234 e. The summed E-state index contributed by atoms with van der Waals surface area (Å²) in [5.41, 5.74) is 1.45. The molecule has 110 valence electrons. The number of hydrogen-bond acceptors (Lipinski definition) is 2. The molecule has 1 saturated heterocycles. The summed E-state index contributed by atoms with van der Waals surface area (Å²) in [6.45, 7) is 5.97. The minimum atomic E-state index is 0.700. The van der Waals surface area contributed by atoms with Crippen molar-refractivity contribution in [3.8, 4) is 0 Å². The third-order valence-corrected chi connectivity index (χ3v) is 4.81. The monoisotopic (exact) mass is 272 g/mol. The minimum absolute atomic E-state index is 0.700. The molecule has 2 fully saturated rings. The summed E-state index contributed by atoms with van der Waals surface area (Å²) in [6.07, 6.45) is 6.98. The fourth-order valence-corrected chi connectivity index (χ4v) is 3.98. The topological polar surface area (TPSA) is 15.3 Å². The first-order chi connectivity index (χ1) is 9.79. The summed E-state index contributed by atoms with van der Waals surface area (Å²) < 4.78 is 0. The Kier molecular flexibility index (Phi) is 4.74. The van der Waals surface area contributed by atoms with Crippen molar-refractivity contribution in [2.45, 2.75) is 57.7 Å². The predicted molar refractivity (Wildman–Crippen MR) is 84.7 cm³/mol. The SMILES string of the molecule is CC1CC(NC2CCCC2)CN(Cc2ccccc2)C1. The Morgan fingerprint density at radius 3 is 2.55 bits per heavy atom. The normalized spacial score (nSPS) is 28.9. The third-order valence-electron chi connectivity index (χ3n) is 4.81. The predicted octanol–water partition coefficient (Wildman–Crippen LogP) is 3.43. The summed E-state index contributed by atoms with van der Waals surface area (Å²) in [5.74, 6) is 0.811. The van der Waals surface area contributed by atoms with E-state index < -0.39 is 0 Å². The molecule has 3 rings (SSSR count). The van der Waals surface area contributed by atoms with Crippen LogP contribution in [0.5, 0.6) is 0 Å². The van der Waals surface area contributed by atoms with Gasteiger partial charge in [0.15, 0.2) is 0 Å². The molecule has 2 heteroatoms. The molecule has 1 aromatic rings. The zero-order valence-corrected chi connectivity index (χ0v) is 12.7. The van der Waals surface area contributed by atoms with Crippen LogP contribution >= 0.6 is 0 Å². The molecule has 20 heavy (non-hydrogen) atoms. The lowest BCUT2D eigenvalue weighted by atomic mass is 9.94. The Labute approximate surface area is 123 Å². The van der Waals surface area contributed by atoms with Crippen LogP contribution in [0.15, 0.2) is 30.3 Å². The van der Waals surface area contributed by atoms with Gasteiger partial charge >= 0.3 is 0 Å². The number of nitrogens with zero attached hydrogens (tertiary/aromatic N) is 1. The van der Waals surface area contributed by atoms with Crippen LogP contribution in [0.25, 0.3) is 0 Å². The Balaban J connectivity index is 1.55. The maximum atomic E-state index is 3.92. The van der Waals surface area contributed by atoms with Gasteiger partial charge in [-0.3, -0.25) is 4.90 Å². The lowest BCUT2D eigenvalue weighted by molar-refractivity contribution is 0.136. The number of likely N-dealkylation sites (tertiary alicyclic amines) is 1. The lowest BCUT2D eigenvalue weighted by Crippen LogP contribution is -2.50. The van der Waals surface area contributed by atoms with E-state index >= 15 is 0 Å². The van der Waals surface area contributed by atoms with E-state index in [0.29, 0.717) is 6.04 Å². The van der Waals surface area contributed by atoms with Crippen LogP contribution in [-0.4, -0.2) is 30.1 Å². The van der Waals surface area contributed by atoms with Crippen molar-refractivity contribution in [3.05, 3.63) is 35.9 Å². The van der Waals surface area contributed by atoms with Crippen LogP contribution in [0.1, 0.15) is 44.6 Å². The Bertz CT molecular complexity index is 397. The molecule has 2 nitrogen and oxygen atoms in total. The van der Waals surface area contributed by atoms with E-state index in [4.69, 9.17) is 0 Å². The maximum absolute atomic E-state index is 3.92. The van der Waals surface area contributed by atoms with Gasteiger partial charge in [-0.1, -0.05) is 50.1 Å². The molecule has 1 heterocycles. The largest absolute Gasteiger partial charge is 0.310 e. The highest BCUT2D eigenvalue weighted by Crippen LogP contribution is 2.23. The molecule has 0 aromatic heterocycles. The molecule has 0 spiro atoms. The van der Waals surface area contributed by atoms with Crippen molar-refractivity contribution in [1.29, 1.82) is 0 Å². The van der Waals surface area contributed by atoms with E-state index in [0.717, 1.165) is 18.5 Å². The van der Waals surface area contributed by atoms with E-state index in [1.807, 2.05) is 0 Å². The van der Waals surface area contributed by atoms with Crippen molar-refractivity contribution >= 4 is 0 Å². The molecule has 0 radical (unpaired) electrons. The van der Waals surface area contributed by atoms with Gasteiger partial charge in [-0.2, -0.15) is 0 Å². The number of piperidine rings is 1. The van der Waals surface area contributed by atoms with Crippen molar-refractivity contribution < 1.29 is 0 Å². The second-order valence-electron chi connectivity index (χ2n) is 6.87. The third kappa shape index (κ3) is 3.83. The molecule has 2 aliphatic rings. The molecule has 1 aliphatic heterocycles. The minimum Gasteiger partial charge on any atom is -0.310 e. The van der Waals surface area contributed by atoms with Gasteiger partial charge in [0.05, 0.1) is 0 Å². The quantitative estimate of drug-likeness (QED) is 0.903. The van der Waals surface area contributed by atoms with Crippen LogP contribution in [0.2, 0.25) is 0 Å². The molecule has 0 bridgehead atoms. The molecular weight excluding hydrogens is 244 g/mol. The van der Waals surface area contributed by atoms with E-state index in [1.165, 1.54) is 50.8 Å². The first-order valence-electron chi connectivity index (χ1n) is 8.32. The molecule has 1 N–H and O–H groups in total. The molecule has 1 aliphatic carbocycles. The second kappa shape index (κ2) is 6.73. The van der Waals surface area contributed by atoms with Gasteiger partial charge < -0.3 is 5.32 Å². The summed E-state index contributed by atoms with van der Waals surface area (Å²) in [6, 6.07) is 12.4. The first-order valence-corrected chi connectivity index (χ1v) is 8.32. The fourth-order valence-electron chi connectivity index (χ4n) is 3.98. The molecule has 0 amide bonds. The number of nitrogens with one attached hydrogen (secondary N) is 1. The first kappa shape index (κ1) is 14.1. The average Bonchev–Trinajstić information content (AvgIpc) is 2.92. The van der Waals surface area contributed by atoms with Crippen LogP contribution < -0.4 is 5.32 Å². The fraction of sp³-hybridized carbons (Fsp3) is 0.667. The van der Waals surface area contributed by atoms with Crippen molar-refractivity contribution in [3.63, 3.8) is 0 Å². The van der Waals surface area contributed by atoms with Crippen molar-refractivity contribution in [2.75, 3.05) is 13.1 Å². The number of hydrogen-bond donors (Lipinski definition) is 1. The second-order valence-corrected chi connectivity index (χ2v) is 6.87. The van der Waals surface area contributed by atoms with E-state index in [1.54, 1.807) is 0 Å². The summed E-state index contributed by atoms with van der Waals surface area (Å²) >= 11 is 0. The zero-order valence-electron chi connectivity index (χ0n) is 12.7. The van der Waals surface area contributed by atoms with Gasteiger partial charge in [0.2, 0.25) is 0 Å². The molecule has 1 aromatic carbocycles. The van der Waals surface area contributed by atoms with Crippen LogP contribution in [0.3, 0.4) is 0 Å². The van der Waals surface area contributed by atoms with Gasteiger partial charge in [0, 0.05) is 31.7 Å².